The van der Waals surface area contributed by atoms with Crippen molar-refractivity contribution in [3.8, 4) is 0 Å². The van der Waals surface area contributed by atoms with Crippen LogP contribution < -0.4 is 21.3 Å². The van der Waals surface area contributed by atoms with Crippen molar-refractivity contribution in [1.29, 1.82) is 0 Å². The standard InChI is InChI=1S/C21H19N5O2/c1-26-16(18-12-6-2-4-8-14(12)22-20(27)24-18)10-11-17(26)19-13-7-3-5-9-15(13)23-21(28)25-19/h2-11,18-19H,1H3,(H2,22,24,27)(H2,23,25,28). The lowest BCUT2D eigenvalue weighted by molar-refractivity contribution is 0.248. The van der Waals surface area contributed by atoms with E-state index in [1.54, 1.807) is 0 Å². The number of carbonyl (C=O) groups excluding carboxylic acids is 2. The van der Waals surface area contributed by atoms with E-state index in [1.807, 2.05) is 72.3 Å². The molecule has 0 saturated heterocycles. The Labute approximate surface area is 161 Å². The van der Waals surface area contributed by atoms with Gasteiger partial charge >= 0.3 is 12.1 Å². The van der Waals surface area contributed by atoms with Gasteiger partial charge in [0.1, 0.15) is 0 Å². The molecule has 2 aromatic carbocycles. The third-order valence-electron chi connectivity index (χ3n) is 5.38. The first-order valence-corrected chi connectivity index (χ1v) is 9.10. The zero-order valence-corrected chi connectivity index (χ0v) is 15.2. The van der Waals surface area contributed by atoms with E-state index in [2.05, 4.69) is 21.3 Å². The molecule has 4 amide bonds. The van der Waals surface area contributed by atoms with Crippen LogP contribution in [-0.2, 0) is 7.05 Å². The summed E-state index contributed by atoms with van der Waals surface area (Å²) in [5.41, 5.74) is 5.51. The van der Waals surface area contributed by atoms with Gasteiger partial charge in [-0.25, -0.2) is 9.59 Å². The van der Waals surface area contributed by atoms with Crippen LogP contribution in [0.3, 0.4) is 0 Å². The summed E-state index contributed by atoms with van der Waals surface area (Å²) in [5.74, 6) is 0. The summed E-state index contributed by atoms with van der Waals surface area (Å²) < 4.78 is 2.04. The lowest BCUT2D eigenvalue weighted by Crippen LogP contribution is -2.40. The van der Waals surface area contributed by atoms with E-state index in [9.17, 15) is 9.59 Å². The Bertz CT molecular complexity index is 1020. The molecule has 3 heterocycles. The molecule has 2 atom stereocenters. The number of urea groups is 2. The van der Waals surface area contributed by atoms with Gasteiger partial charge in [0.15, 0.2) is 0 Å². The molecule has 7 heteroatoms. The normalized spacial score (nSPS) is 20.2. The molecule has 2 unspecified atom stereocenters. The predicted molar refractivity (Wildman–Crippen MR) is 106 cm³/mol. The highest BCUT2D eigenvalue weighted by molar-refractivity contribution is 5.94. The van der Waals surface area contributed by atoms with Crippen molar-refractivity contribution in [1.82, 2.24) is 15.2 Å². The predicted octanol–water partition coefficient (Wildman–Crippen LogP) is 3.47. The fourth-order valence-electron chi connectivity index (χ4n) is 4.05. The smallest absolute Gasteiger partial charge is 0.320 e. The molecule has 3 aromatic rings. The number of carbonyl (C=O) groups is 2. The van der Waals surface area contributed by atoms with Gasteiger partial charge in [0.2, 0.25) is 0 Å². The molecule has 4 N–H and O–H groups in total. The summed E-state index contributed by atoms with van der Waals surface area (Å²) in [6.07, 6.45) is 0. The first kappa shape index (κ1) is 16.4. The van der Waals surface area contributed by atoms with Crippen LogP contribution in [0.2, 0.25) is 0 Å². The Kier molecular flexibility index (Phi) is 3.61. The zero-order valence-electron chi connectivity index (χ0n) is 15.2. The maximum Gasteiger partial charge on any atom is 0.320 e. The van der Waals surface area contributed by atoms with Gasteiger partial charge in [-0.05, 0) is 24.3 Å². The number of fused-ring (bicyclic) bond motifs is 2. The number of amides is 4. The SMILES string of the molecule is Cn1c(C2NC(=O)Nc3ccccc32)ccc1C1NC(=O)Nc2ccccc21. The third kappa shape index (κ3) is 2.51. The van der Waals surface area contributed by atoms with Crippen LogP contribution >= 0.6 is 0 Å². The Balaban J connectivity index is 1.59. The summed E-state index contributed by atoms with van der Waals surface area (Å²) in [4.78, 5) is 24.3. The Morgan fingerprint density at radius 3 is 1.57 bits per heavy atom. The van der Waals surface area contributed by atoms with Crippen LogP contribution in [0.5, 0.6) is 0 Å². The summed E-state index contributed by atoms with van der Waals surface area (Å²) in [6, 6.07) is 18.5. The summed E-state index contributed by atoms with van der Waals surface area (Å²) in [5, 5.41) is 11.7. The molecule has 2 aliphatic heterocycles. The maximum atomic E-state index is 12.1. The second kappa shape index (κ2) is 6.16. The van der Waals surface area contributed by atoms with Crippen LogP contribution in [0, 0.1) is 0 Å². The molecule has 0 radical (unpaired) electrons. The average molecular weight is 373 g/mol. The van der Waals surface area contributed by atoms with Crippen LogP contribution in [0.15, 0.2) is 60.7 Å². The second-order valence-corrected chi connectivity index (χ2v) is 6.98. The minimum Gasteiger partial charge on any atom is -0.347 e. The number of benzene rings is 2. The van der Waals surface area contributed by atoms with Crippen molar-refractivity contribution in [2.24, 2.45) is 7.05 Å². The van der Waals surface area contributed by atoms with Crippen molar-refractivity contribution in [2.75, 3.05) is 10.6 Å². The van der Waals surface area contributed by atoms with E-state index in [0.717, 1.165) is 33.9 Å². The summed E-state index contributed by atoms with van der Waals surface area (Å²) >= 11 is 0. The molecule has 0 fully saturated rings. The fraction of sp³-hybridized carbons (Fsp3) is 0.143. The minimum absolute atomic E-state index is 0.230. The van der Waals surface area contributed by atoms with Gasteiger partial charge < -0.3 is 25.8 Å². The molecule has 140 valence electrons. The number of aromatic nitrogens is 1. The van der Waals surface area contributed by atoms with Crippen molar-refractivity contribution in [2.45, 2.75) is 12.1 Å². The van der Waals surface area contributed by atoms with Crippen LogP contribution in [0.1, 0.15) is 34.6 Å². The zero-order chi connectivity index (χ0) is 19.3. The van der Waals surface area contributed by atoms with Gasteiger partial charge in [-0.2, -0.15) is 0 Å². The Morgan fingerprint density at radius 1 is 0.679 bits per heavy atom. The molecule has 28 heavy (non-hydrogen) atoms. The number of hydrogen-bond acceptors (Lipinski definition) is 2. The highest BCUT2D eigenvalue weighted by Crippen LogP contribution is 2.36. The van der Waals surface area contributed by atoms with Crippen molar-refractivity contribution < 1.29 is 9.59 Å². The van der Waals surface area contributed by atoms with Gasteiger partial charge in [0.25, 0.3) is 0 Å². The number of nitrogens with one attached hydrogen (secondary N) is 4. The molecule has 1 aromatic heterocycles. The number of hydrogen-bond donors (Lipinski definition) is 4. The maximum absolute atomic E-state index is 12.1. The quantitative estimate of drug-likeness (QED) is 0.554. The molecule has 0 spiro atoms. The summed E-state index contributed by atoms with van der Waals surface area (Å²) in [7, 11) is 1.96. The van der Waals surface area contributed by atoms with Crippen LogP contribution in [-0.4, -0.2) is 16.6 Å². The molecule has 7 nitrogen and oxygen atoms in total. The van der Waals surface area contributed by atoms with E-state index < -0.39 is 0 Å². The van der Waals surface area contributed by atoms with E-state index in [-0.39, 0.29) is 24.1 Å². The minimum atomic E-state index is -0.267. The molecule has 0 bridgehead atoms. The number of para-hydroxylation sites is 2. The molecule has 2 aliphatic rings. The molecule has 5 rings (SSSR count). The van der Waals surface area contributed by atoms with Gasteiger partial charge in [-0.1, -0.05) is 36.4 Å². The van der Waals surface area contributed by atoms with Gasteiger partial charge in [0.05, 0.1) is 12.1 Å². The molecule has 0 aliphatic carbocycles. The van der Waals surface area contributed by atoms with E-state index in [4.69, 9.17) is 0 Å². The highest BCUT2D eigenvalue weighted by atomic mass is 16.2. The summed E-state index contributed by atoms with van der Waals surface area (Å²) in [6.45, 7) is 0. The van der Waals surface area contributed by atoms with Crippen LogP contribution in [0.4, 0.5) is 21.0 Å². The third-order valence-corrected chi connectivity index (χ3v) is 5.38. The lowest BCUT2D eigenvalue weighted by Gasteiger charge is -2.30. The highest BCUT2D eigenvalue weighted by Gasteiger charge is 2.31. The lowest BCUT2D eigenvalue weighted by atomic mass is 9.99. The van der Waals surface area contributed by atoms with Crippen molar-refractivity contribution >= 4 is 23.4 Å². The number of rotatable bonds is 2. The molecular weight excluding hydrogens is 354 g/mol. The number of nitrogens with zero attached hydrogens (tertiary/aromatic N) is 1. The van der Waals surface area contributed by atoms with E-state index in [1.165, 1.54) is 0 Å². The second-order valence-electron chi connectivity index (χ2n) is 6.98. The van der Waals surface area contributed by atoms with Crippen molar-refractivity contribution in [3.05, 3.63) is 83.2 Å². The molecular formula is C21H19N5O2. The fourth-order valence-corrected chi connectivity index (χ4v) is 4.05. The first-order chi connectivity index (χ1) is 13.6. The monoisotopic (exact) mass is 373 g/mol. The average Bonchev–Trinajstić information content (AvgIpc) is 3.07. The van der Waals surface area contributed by atoms with Crippen molar-refractivity contribution in [3.63, 3.8) is 0 Å². The van der Waals surface area contributed by atoms with E-state index in [0.29, 0.717) is 0 Å². The largest absolute Gasteiger partial charge is 0.347 e. The number of anilines is 2. The molecule has 0 saturated carbocycles. The Hall–Kier alpha value is -3.74. The topological polar surface area (TPSA) is 87.2 Å². The van der Waals surface area contributed by atoms with Gasteiger partial charge in [-0.3, -0.25) is 0 Å². The van der Waals surface area contributed by atoms with Gasteiger partial charge in [0, 0.05) is 40.9 Å². The van der Waals surface area contributed by atoms with E-state index >= 15 is 0 Å². The first-order valence-electron chi connectivity index (χ1n) is 9.10. The Morgan fingerprint density at radius 2 is 1.11 bits per heavy atom. The van der Waals surface area contributed by atoms with Crippen LogP contribution in [0.25, 0.3) is 0 Å². The van der Waals surface area contributed by atoms with Gasteiger partial charge in [-0.15, -0.1) is 0 Å².